The third-order valence-corrected chi connectivity index (χ3v) is 12.1. The molecule has 1 aliphatic carbocycles. The van der Waals surface area contributed by atoms with Crippen LogP contribution >= 0.6 is 0 Å². The Morgan fingerprint density at radius 1 is 0.879 bits per heavy atom. The summed E-state index contributed by atoms with van der Waals surface area (Å²) in [7, 11) is 2.17. The number of piperidine rings is 2. The van der Waals surface area contributed by atoms with Crippen LogP contribution in [-0.4, -0.2) is 87.5 Å². The van der Waals surface area contributed by atoms with Crippen LogP contribution in [0, 0.1) is 0 Å². The fourth-order valence-electron chi connectivity index (χ4n) is 8.71. The summed E-state index contributed by atoms with van der Waals surface area (Å²) in [5, 5.41) is 6.17. The van der Waals surface area contributed by atoms with Gasteiger partial charge in [0.15, 0.2) is 11.5 Å². The molecule has 13 heteroatoms. The van der Waals surface area contributed by atoms with Gasteiger partial charge in [0.25, 0.3) is 5.56 Å². The molecule has 3 saturated heterocycles. The van der Waals surface area contributed by atoms with E-state index < -0.39 is 0 Å². The number of ether oxygens (including phenoxy) is 1. The Balaban J connectivity index is 0.000000189. The largest absolute Gasteiger partial charge is 0.378 e. The highest BCUT2D eigenvalue weighted by atomic mass is 16.5. The molecule has 5 aromatic rings. The highest BCUT2D eigenvalue weighted by Crippen LogP contribution is 2.35. The number of pyridine rings is 1. The molecule has 302 valence electrons. The summed E-state index contributed by atoms with van der Waals surface area (Å²) in [6.07, 6.45) is 9.99. The van der Waals surface area contributed by atoms with Gasteiger partial charge in [0.1, 0.15) is 5.39 Å². The normalized spacial score (nSPS) is 20.0. The minimum Gasteiger partial charge on any atom is -0.378 e. The first kappa shape index (κ1) is 39.2. The van der Waals surface area contributed by atoms with Crippen molar-refractivity contribution in [3.8, 4) is 5.82 Å². The lowest BCUT2D eigenvalue weighted by atomic mass is 9.86. The lowest BCUT2D eigenvalue weighted by molar-refractivity contribution is -0.134. The standard InChI is InChI=1S/C28H31N7O2.C17H22N2O2/c1-3-13-34-27(36)23-18-29-28(30-21-8-10-22(11-9-21)33-14-16-37-17-15-33)32-26(23)35(34)24-12-7-20-6-5-19(4-2)25(20)31-24;1-19-10-8-13(9-11-19)12-2-4-14(5-3-12)15-6-7-16(20)18-17(15)21/h3,7-12,18-19H,1,4-6,13-17H2,2H3,(H,29,30,32);2-5,13,15H,6-11H2,1H3,(H,18,20,21). The van der Waals surface area contributed by atoms with Crippen molar-refractivity contribution in [3.63, 3.8) is 0 Å². The third-order valence-electron chi connectivity index (χ3n) is 12.1. The van der Waals surface area contributed by atoms with E-state index in [9.17, 15) is 14.4 Å². The average Bonchev–Trinajstić information content (AvgIpc) is 3.79. The zero-order valence-electron chi connectivity index (χ0n) is 33.5. The number of anilines is 3. The van der Waals surface area contributed by atoms with E-state index in [1.807, 2.05) is 18.2 Å². The van der Waals surface area contributed by atoms with Gasteiger partial charge in [-0.3, -0.25) is 19.7 Å². The van der Waals surface area contributed by atoms with Crippen LogP contribution in [0.15, 0.2) is 84.3 Å². The summed E-state index contributed by atoms with van der Waals surface area (Å²) < 4.78 is 8.88. The van der Waals surface area contributed by atoms with Crippen LogP contribution in [0.2, 0.25) is 0 Å². The zero-order chi connectivity index (χ0) is 40.2. The monoisotopic (exact) mass is 783 g/mol. The number of nitrogens with zero attached hydrogens (tertiary/aromatic N) is 7. The summed E-state index contributed by atoms with van der Waals surface area (Å²) in [5.74, 6) is 1.71. The Morgan fingerprint density at radius 2 is 1.62 bits per heavy atom. The number of rotatable bonds is 9. The maximum absolute atomic E-state index is 13.3. The Kier molecular flexibility index (Phi) is 11.8. The predicted octanol–water partition coefficient (Wildman–Crippen LogP) is 6.20. The van der Waals surface area contributed by atoms with Gasteiger partial charge in [-0.1, -0.05) is 43.3 Å². The molecule has 2 N–H and O–H groups in total. The van der Waals surface area contributed by atoms with Crippen LogP contribution in [0.5, 0.6) is 0 Å². The van der Waals surface area contributed by atoms with Crippen molar-refractivity contribution in [1.82, 2.24) is 34.5 Å². The summed E-state index contributed by atoms with van der Waals surface area (Å²) in [4.78, 5) is 55.3. The van der Waals surface area contributed by atoms with Gasteiger partial charge in [-0.2, -0.15) is 4.98 Å². The average molecular weight is 784 g/mol. The van der Waals surface area contributed by atoms with Gasteiger partial charge in [-0.25, -0.2) is 19.3 Å². The molecule has 13 nitrogen and oxygen atoms in total. The SMILES string of the molecule is C=CCn1c(=O)c2cnc(Nc3ccc(N4CCOCC4)cc3)nc2n1-c1ccc2c(n1)C(CC)CC2.CN1CCC(c2ccc(C3CCC(=O)NC3=O)cc2)CC1. The van der Waals surface area contributed by atoms with E-state index in [-0.39, 0.29) is 23.3 Å². The molecule has 2 atom stereocenters. The van der Waals surface area contributed by atoms with Crippen LogP contribution in [0.4, 0.5) is 17.3 Å². The van der Waals surface area contributed by atoms with Gasteiger partial charge in [0, 0.05) is 48.7 Å². The lowest BCUT2D eigenvalue weighted by Crippen LogP contribution is -2.39. The Labute approximate surface area is 339 Å². The van der Waals surface area contributed by atoms with Crippen LogP contribution in [0.3, 0.4) is 0 Å². The molecule has 0 bridgehead atoms. The van der Waals surface area contributed by atoms with Crippen LogP contribution in [-0.2, 0) is 27.3 Å². The van der Waals surface area contributed by atoms with E-state index in [4.69, 9.17) is 14.7 Å². The first-order valence-corrected chi connectivity index (χ1v) is 20.7. The first-order chi connectivity index (χ1) is 28.3. The number of carbonyl (C=O) groups excluding carboxylic acids is 2. The number of nitrogens with one attached hydrogen (secondary N) is 2. The molecule has 4 aliphatic rings. The minimum absolute atomic E-state index is 0.154. The molecule has 2 amide bonds. The number of allylic oxidation sites excluding steroid dienone is 1. The van der Waals surface area contributed by atoms with E-state index in [1.165, 1.54) is 24.0 Å². The summed E-state index contributed by atoms with van der Waals surface area (Å²) >= 11 is 0. The molecular weight excluding hydrogens is 731 g/mol. The summed E-state index contributed by atoms with van der Waals surface area (Å²) in [6, 6.07) is 20.8. The predicted molar refractivity (Wildman–Crippen MR) is 226 cm³/mol. The highest BCUT2D eigenvalue weighted by molar-refractivity contribution is 6.00. The summed E-state index contributed by atoms with van der Waals surface area (Å²) in [6.45, 7) is 12.0. The number of likely N-dealkylation sites (tertiary alicyclic amines) is 1. The fourth-order valence-corrected chi connectivity index (χ4v) is 8.71. The Morgan fingerprint density at radius 3 is 2.33 bits per heavy atom. The number of hydrogen-bond donors (Lipinski definition) is 2. The smallest absolute Gasteiger partial charge is 0.278 e. The number of aromatic nitrogens is 5. The van der Waals surface area contributed by atoms with Crippen molar-refractivity contribution in [2.75, 3.05) is 56.7 Å². The number of aryl methyl sites for hydroxylation is 1. The maximum Gasteiger partial charge on any atom is 0.278 e. The second-order valence-corrected chi connectivity index (χ2v) is 15.8. The molecule has 0 saturated carbocycles. The molecule has 2 aromatic carbocycles. The highest BCUT2D eigenvalue weighted by Gasteiger charge is 2.29. The van der Waals surface area contributed by atoms with Crippen LogP contribution in [0.1, 0.15) is 85.6 Å². The Hall–Kier alpha value is -5.66. The topological polar surface area (TPSA) is 140 Å². The fraction of sp³-hybridized carbons (Fsp3) is 0.422. The molecule has 0 spiro atoms. The quantitative estimate of drug-likeness (QED) is 0.131. The molecule has 2 unspecified atom stereocenters. The van der Waals surface area contributed by atoms with Crippen molar-refractivity contribution in [2.45, 2.75) is 76.2 Å². The molecule has 3 aliphatic heterocycles. The minimum atomic E-state index is -0.172. The number of carbonyl (C=O) groups is 2. The van der Waals surface area contributed by atoms with Crippen molar-refractivity contribution < 1.29 is 14.3 Å². The molecular formula is C45H53N9O4. The third kappa shape index (κ3) is 8.32. The zero-order valence-corrected chi connectivity index (χ0v) is 33.5. The van der Waals surface area contributed by atoms with Crippen molar-refractivity contribution in [1.29, 1.82) is 0 Å². The van der Waals surface area contributed by atoms with E-state index in [1.54, 1.807) is 21.6 Å². The van der Waals surface area contributed by atoms with E-state index in [0.29, 0.717) is 54.0 Å². The van der Waals surface area contributed by atoms with Crippen molar-refractivity contribution in [2.24, 2.45) is 0 Å². The van der Waals surface area contributed by atoms with Gasteiger partial charge in [0.05, 0.1) is 25.7 Å². The number of morpholine rings is 1. The summed E-state index contributed by atoms with van der Waals surface area (Å²) in [5.41, 5.74) is 7.22. The number of imide groups is 1. The Bertz CT molecular complexity index is 2320. The molecule has 58 heavy (non-hydrogen) atoms. The van der Waals surface area contributed by atoms with Crippen molar-refractivity contribution >= 4 is 40.2 Å². The maximum atomic E-state index is 13.3. The molecule has 3 fully saturated rings. The number of amides is 2. The number of fused-ring (bicyclic) bond motifs is 2. The molecule has 0 radical (unpaired) electrons. The number of hydrogen-bond acceptors (Lipinski definition) is 10. The first-order valence-electron chi connectivity index (χ1n) is 20.7. The second kappa shape index (κ2) is 17.5. The van der Waals surface area contributed by atoms with Gasteiger partial charge in [-0.15, -0.1) is 6.58 Å². The van der Waals surface area contributed by atoms with Gasteiger partial charge in [-0.05, 0) is 112 Å². The van der Waals surface area contributed by atoms with Crippen LogP contribution < -0.4 is 21.1 Å². The molecule has 3 aromatic heterocycles. The van der Waals surface area contributed by atoms with Crippen LogP contribution in [0.25, 0.3) is 16.9 Å². The van der Waals surface area contributed by atoms with Gasteiger partial charge >= 0.3 is 0 Å². The van der Waals surface area contributed by atoms with E-state index in [0.717, 1.165) is 81.3 Å². The second-order valence-electron chi connectivity index (χ2n) is 15.8. The molecule has 6 heterocycles. The lowest BCUT2D eigenvalue weighted by Gasteiger charge is -2.29. The van der Waals surface area contributed by atoms with E-state index >= 15 is 0 Å². The van der Waals surface area contributed by atoms with Gasteiger partial charge < -0.3 is 19.9 Å². The van der Waals surface area contributed by atoms with Crippen molar-refractivity contribution in [3.05, 3.63) is 112 Å². The number of benzene rings is 2. The van der Waals surface area contributed by atoms with E-state index in [2.05, 4.69) is 88.4 Å². The molecule has 9 rings (SSSR count). The van der Waals surface area contributed by atoms with Gasteiger partial charge in [0.2, 0.25) is 17.8 Å².